The van der Waals surface area contributed by atoms with Crippen LogP contribution in [-0.4, -0.2) is 35.1 Å². The van der Waals surface area contributed by atoms with E-state index in [1.165, 1.54) is 32.1 Å². The monoisotopic (exact) mass is 239 g/mol. The van der Waals surface area contributed by atoms with Crippen molar-refractivity contribution in [3.05, 3.63) is 0 Å². The van der Waals surface area contributed by atoms with Gasteiger partial charge in [0, 0.05) is 19.0 Å². The number of rotatable bonds is 4. The summed E-state index contributed by atoms with van der Waals surface area (Å²) in [6.45, 7) is 4.44. The maximum Gasteiger partial charge on any atom is 0.303 e. The van der Waals surface area contributed by atoms with Gasteiger partial charge in [-0.15, -0.1) is 0 Å². The lowest BCUT2D eigenvalue weighted by atomic mass is 9.83. The zero-order valence-corrected chi connectivity index (χ0v) is 10.9. The molecule has 1 heterocycles. The van der Waals surface area contributed by atoms with Crippen LogP contribution in [0.5, 0.6) is 0 Å². The zero-order valence-electron chi connectivity index (χ0n) is 10.9. The maximum atomic E-state index is 10.7. The van der Waals surface area contributed by atoms with Gasteiger partial charge in [-0.25, -0.2) is 0 Å². The number of carbonyl (C=O) groups is 1. The fourth-order valence-corrected chi connectivity index (χ4v) is 3.57. The van der Waals surface area contributed by atoms with E-state index in [9.17, 15) is 4.79 Å². The number of nitrogens with zero attached hydrogens (tertiary/aromatic N) is 1. The van der Waals surface area contributed by atoms with Gasteiger partial charge >= 0.3 is 5.97 Å². The van der Waals surface area contributed by atoms with Gasteiger partial charge in [0.2, 0.25) is 0 Å². The molecule has 0 aromatic heterocycles. The Kier molecular flexibility index (Phi) is 4.43. The van der Waals surface area contributed by atoms with Gasteiger partial charge in [0.1, 0.15) is 0 Å². The smallest absolute Gasteiger partial charge is 0.303 e. The Balaban J connectivity index is 1.81. The second-order valence-electron chi connectivity index (χ2n) is 5.84. The van der Waals surface area contributed by atoms with Gasteiger partial charge in [-0.2, -0.15) is 0 Å². The second-order valence-corrected chi connectivity index (χ2v) is 5.84. The summed E-state index contributed by atoms with van der Waals surface area (Å²) in [5.74, 6) is 0.675. The van der Waals surface area contributed by atoms with Crippen LogP contribution in [0.2, 0.25) is 0 Å². The molecule has 0 aromatic carbocycles. The first-order valence-electron chi connectivity index (χ1n) is 7.15. The van der Waals surface area contributed by atoms with Crippen LogP contribution in [0.3, 0.4) is 0 Å². The lowest BCUT2D eigenvalue weighted by molar-refractivity contribution is -0.138. The fourth-order valence-electron chi connectivity index (χ4n) is 3.57. The van der Waals surface area contributed by atoms with Crippen LogP contribution in [0.15, 0.2) is 0 Å². The van der Waals surface area contributed by atoms with Crippen LogP contribution in [-0.2, 0) is 4.79 Å². The molecule has 0 radical (unpaired) electrons. The van der Waals surface area contributed by atoms with E-state index in [-0.39, 0.29) is 0 Å². The zero-order chi connectivity index (χ0) is 12.3. The van der Waals surface area contributed by atoms with Gasteiger partial charge in [0.05, 0.1) is 0 Å². The van der Waals surface area contributed by atoms with Crippen molar-refractivity contribution >= 4 is 5.97 Å². The summed E-state index contributed by atoms with van der Waals surface area (Å²) < 4.78 is 0. The molecule has 17 heavy (non-hydrogen) atoms. The van der Waals surface area contributed by atoms with E-state index in [4.69, 9.17) is 5.11 Å². The van der Waals surface area contributed by atoms with Crippen LogP contribution in [0.25, 0.3) is 0 Å². The maximum absolute atomic E-state index is 10.7. The van der Waals surface area contributed by atoms with Crippen molar-refractivity contribution in [3.8, 4) is 0 Å². The Morgan fingerprint density at radius 2 is 2.12 bits per heavy atom. The van der Waals surface area contributed by atoms with E-state index >= 15 is 0 Å². The predicted octanol–water partition coefficient (Wildman–Crippen LogP) is 2.75. The van der Waals surface area contributed by atoms with Gasteiger partial charge in [-0.1, -0.05) is 26.2 Å². The number of hydrogen-bond acceptors (Lipinski definition) is 2. The molecule has 0 bridgehead atoms. The van der Waals surface area contributed by atoms with Gasteiger partial charge in [-0.3, -0.25) is 4.79 Å². The number of carboxylic acids is 1. The first-order valence-corrected chi connectivity index (χ1v) is 7.15. The van der Waals surface area contributed by atoms with Crippen molar-refractivity contribution < 1.29 is 9.90 Å². The van der Waals surface area contributed by atoms with Crippen molar-refractivity contribution in [3.63, 3.8) is 0 Å². The molecule has 3 nitrogen and oxygen atoms in total. The molecule has 3 unspecified atom stereocenters. The van der Waals surface area contributed by atoms with E-state index in [1.54, 1.807) is 0 Å². The molecular formula is C14H25NO2. The predicted molar refractivity (Wildman–Crippen MR) is 68.0 cm³/mol. The Labute approximate surface area is 104 Å². The highest BCUT2D eigenvalue weighted by molar-refractivity contribution is 5.67. The van der Waals surface area contributed by atoms with Gasteiger partial charge in [0.25, 0.3) is 0 Å². The van der Waals surface area contributed by atoms with Crippen molar-refractivity contribution in [1.82, 2.24) is 4.90 Å². The van der Waals surface area contributed by atoms with Crippen molar-refractivity contribution in [1.29, 1.82) is 0 Å². The Morgan fingerprint density at radius 1 is 1.29 bits per heavy atom. The van der Waals surface area contributed by atoms with E-state index < -0.39 is 5.97 Å². The van der Waals surface area contributed by atoms with Crippen molar-refractivity contribution in [2.45, 2.75) is 57.9 Å². The minimum Gasteiger partial charge on any atom is -0.481 e. The number of carboxylic acid groups (broad SMARTS) is 1. The number of aliphatic carboxylic acids is 1. The second kappa shape index (κ2) is 5.85. The van der Waals surface area contributed by atoms with Gasteiger partial charge in [-0.05, 0) is 37.6 Å². The highest BCUT2D eigenvalue weighted by Crippen LogP contribution is 2.33. The molecule has 3 atom stereocenters. The molecule has 1 N–H and O–H groups in total. The van der Waals surface area contributed by atoms with Crippen LogP contribution >= 0.6 is 0 Å². The van der Waals surface area contributed by atoms with E-state index in [2.05, 4.69) is 11.8 Å². The number of hydrogen-bond donors (Lipinski definition) is 1. The topological polar surface area (TPSA) is 40.5 Å². The fraction of sp³-hybridized carbons (Fsp3) is 0.929. The molecule has 1 aliphatic carbocycles. The van der Waals surface area contributed by atoms with Crippen LogP contribution in [0, 0.1) is 11.8 Å². The molecule has 2 aliphatic rings. The molecular weight excluding hydrogens is 214 g/mol. The standard InChI is InChI=1S/C14H25NO2/c1-2-11-4-3-5-13(8-11)15-7-6-12(10-15)9-14(16)17/h11-13H,2-10H2,1H3,(H,16,17). The highest BCUT2D eigenvalue weighted by atomic mass is 16.4. The lowest BCUT2D eigenvalue weighted by Crippen LogP contribution is -2.37. The summed E-state index contributed by atoms with van der Waals surface area (Å²) in [6, 6.07) is 0.743. The Bertz CT molecular complexity index is 267. The van der Waals surface area contributed by atoms with Crippen LogP contribution in [0.4, 0.5) is 0 Å². The largest absolute Gasteiger partial charge is 0.481 e. The van der Waals surface area contributed by atoms with Crippen molar-refractivity contribution in [2.24, 2.45) is 11.8 Å². The first kappa shape index (κ1) is 12.9. The third-order valence-corrected chi connectivity index (χ3v) is 4.63. The highest BCUT2D eigenvalue weighted by Gasteiger charge is 2.32. The number of likely N-dealkylation sites (tertiary alicyclic amines) is 1. The molecule has 1 saturated heterocycles. The Hall–Kier alpha value is -0.570. The quantitative estimate of drug-likeness (QED) is 0.820. The minimum absolute atomic E-state index is 0.362. The van der Waals surface area contributed by atoms with Gasteiger partial charge < -0.3 is 10.0 Å². The summed E-state index contributed by atoms with van der Waals surface area (Å²) in [5, 5.41) is 8.83. The molecule has 0 spiro atoms. The average Bonchev–Trinajstić information content (AvgIpc) is 2.77. The molecule has 0 amide bonds. The summed E-state index contributed by atoms with van der Waals surface area (Å²) in [7, 11) is 0. The molecule has 1 aliphatic heterocycles. The van der Waals surface area contributed by atoms with E-state index in [0.29, 0.717) is 12.3 Å². The molecule has 2 rings (SSSR count). The normalized spacial score (nSPS) is 35.0. The average molecular weight is 239 g/mol. The summed E-state index contributed by atoms with van der Waals surface area (Å²) in [4.78, 5) is 13.3. The molecule has 98 valence electrons. The van der Waals surface area contributed by atoms with E-state index in [1.807, 2.05) is 0 Å². The Morgan fingerprint density at radius 3 is 2.82 bits per heavy atom. The molecule has 3 heteroatoms. The summed E-state index contributed by atoms with van der Waals surface area (Å²) in [5.41, 5.74) is 0. The third-order valence-electron chi connectivity index (χ3n) is 4.63. The van der Waals surface area contributed by atoms with Crippen LogP contribution in [0.1, 0.15) is 51.9 Å². The van der Waals surface area contributed by atoms with E-state index in [0.717, 1.165) is 31.5 Å². The van der Waals surface area contributed by atoms with Crippen molar-refractivity contribution in [2.75, 3.05) is 13.1 Å². The summed E-state index contributed by atoms with van der Waals surface area (Å²) >= 11 is 0. The third kappa shape index (κ3) is 3.44. The van der Waals surface area contributed by atoms with Crippen LogP contribution < -0.4 is 0 Å². The van der Waals surface area contributed by atoms with Gasteiger partial charge in [0.15, 0.2) is 0 Å². The summed E-state index contributed by atoms with van der Waals surface area (Å²) in [6.07, 6.45) is 8.19. The lowest BCUT2D eigenvalue weighted by Gasteiger charge is -2.35. The molecule has 2 fully saturated rings. The molecule has 1 saturated carbocycles. The molecule has 0 aromatic rings. The minimum atomic E-state index is -0.632. The SMILES string of the molecule is CCC1CCCC(N2CCC(CC(=O)O)C2)C1. The first-order chi connectivity index (χ1) is 8.19.